The van der Waals surface area contributed by atoms with Crippen molar-refractivity contribution in [2.45, 2.75) is 26.2 Å². The fraction of sp³-hybridized carbons (Fsp3) is 0.125. The van der Waals surface area contributed by atoms with Gasteiger partial charge in [-0.3, -0.25) is 0 Å². The third kappa shape index (κ3) is 4.52. The van der Waals surface area contributed by atoms with Crippen molar-refractivity contribution in [3.63, 3.8) is 0 Å². The average Bonchev–Trinajstić information content (AvgIpc) is 3.47. The van der Waals surface area contributed by atoms with Crippen LogP contribution < -0.4 is 0 Å². The van der Waals surface area contributed by atoms with Crippen molar-refractivity contribution >= 4 is 11.0 Å². The van der Waals surface area contributed by atoms with Gasteiger partial charge in [0.1, 0.15) is 0 Å². The van der Waals surface area contributed by atoms with E-state index in [0.717, 1.165) is 56.7 Å². The second-order valence-electron chi connectivity index (χ2n) is 9.19. The highest BCUT2D eigenvalue weighted by Gasteiger charge is 2.15. The zero-order valence-electron chi connectivity index (χ0n) is 20.8. The summed E-state index contributed by atoms with van der Waals surface area (Å²) in [6.07, 6.45) is 0.966. The molecule has 0 radical (unpaired) electrons. The molecule has 0 amide bonds. The van der Waals surface area contributed by atoms with Crippen molar-refractivity contribution < 1.29 is 4.42 Å². The highest BCUT2D eigenvalue weighted by Crippen LogP contribution is 2.33. The van der Waals surface area contributed by atoms with Crippen molar-refractivity contribution in [1.29, 1.82) is 0 Å². The zero-order valence-corrected chi connectivity index (χ0v) is 20.8. The van der Waals surface area contributed by atoms with Crippen LogP contribution in [0, 0.1) is 0 Å². The van der Waals surface area contributed by atoms with E-state index in [-0.39, 0.29) is 5.92 Å². The van der Waals surface area contributed by atoms with Gasteiger partial charge in [-0.1, -0.05) is 92.7 Å². The van der Waals surface area contributed by atoms with Crippen molar-refractivity contribution in [3.05, 3.63) is 109 Å². The molecule has 0 spiro atoms. The van der Waals surface area contributed by atoms with Gasteiger partial charge < -0.3 is 4.42 Å². The molecule has 0 saturated carbocycles. The molecule has 0 aliphatic carbocycles. The molecule has 2 aromatic heterocycles. The third-order valence-corrected chi connectivity index (χ3v) is 6.72. The van der Waals surface area contributed by atoms with E-state index in [1.807, 2.05) is 54.6 Å². The molecule has 4 aromatic carbocycles. The van der Waals surface area contributed by atoms with E-state index in [4.69, 9.17) is 14.4 Å². The average molecular weight is 483 g/mol. The van der Waals surface area contributed by atoms with Gasteiger partial charge in [0.2, 0.25) is 11.8 Å². The van der Waals surface area contributed by atoms with Crippen LogP contribution in [0.3, 0.4) is 0 Å². The van der Waals surface area contributed by atoms with E-state index in [0.29, 0.717) is 11.8 Å². The Bertz CT molecular complexity index is 1660. The van der Waals surface area contributed by atoms with Crippen LogP contribution in [0.4, 0.5) is 0 Å². The van der Waals surface area contributed by atoms with Crippen LogP contribution in [0.2, 0.25) is 0 Å². The lowest BCUT2D eigenvalue weighted by Gasteiger charge is -2.11. The quantitative estimate of drug-likeness (QED) is 0.239. The molecule has 6 rings (SSSR count). The normalized spacial score (nSPS) is 12.1. The lowest BCUT2D eigenvalue weighted by atomic mass is 9.99. The van der Waals surface area contributed by atoms with Gasteiger partial charge in [-0.15, -0.1) is 10.2 Å². The molecule has 1 atom stereocenters. The number of nitrogens with zero attached hydrogens (tertiary/aromatic N) is 4. The van der Waals surface area contributed by atoms with Gasteiger partial charge in [0.15, 0.2) is 0 Å². The lowest BCUT2D eigenvalue weighted by Crippen LogP contribution is -1.95. The second-order valence-corrected chi connectivity index (χ2v) is 9.19. The Hall–Kier alpha value is -4.64. The Morgan fingerprint density at radius 1 is 0.568 bits per heavy atom. The summed E-state index contributed by atoms with van der Waals surface area (Å²) < 4.78 is 5.88. The van der Waals surface area contributed by atoms with Crippen molar-refractivity contribution in [3.8, 4) is 45.1 Å². The van der Waals surface area contributed by atoms with Gasteiger partial charge in [-0.05, 0) is 41.8 Å². The summed E-state index contributed by atoms with van der Waals surface area (Å²) in [4.78, 5) is 9.98. The van der Waals surface area contributed by atoms with Crippen molar-refractivity contribution in [2.24, 2.45) is 0 Å². The van der Waals surface area contributed by atoms with Gasteiger partial charge in [0, 0.05) is 22.6 Å². The van der Waals surface area contributed by atoms with Gasteiger partial charge in [-0.25, -0.2) is 9.97 Å². The predicted octanol–water partition coefficient (Wildman–Crippen LogP) is 8.19. The highest BCUT2D eigenvalue weighted by atomic mass is 16.4. The summed E-state index contributed by atoms with van der Waals surface area (Å²) in [6.45, 7) is 4.21. The summed E-state index contributed by atoms with van der Waals surface area (Å²) in [5, 5.41) is 8.43. The summed E-state index contributed by atoms with van der Waals surface area (Å²) >= 11 is 0. The van der Waals surface area contributed by atoms with E-state index in [2.05, 4.69) is 72.6 Å². The SMILES string of the molecule is CCC(C)c1nnc(-c2ccc(-c3ccc(-c4nc5ccccc5nc4-c4ccccc4)cc3)cc2)o1. The highest BCUT2D eigenvalue weighted by molar-refractivity contribution is 5.86. The first-order valence-corrected chi connectivity index (χ1v) is 12.6. The van der Waals surface area contributed by atoms with Crippen molar-refractivity contribution in [2.75, 3.05) is 0 Å². The number of para-hydroxylation sites is 2. The molecule has 0 N–H and O–H groups in total. The topological polar surface area (TPSA) is 64.7 Å². The largest absolute Gasteiger partial charge is 0.420 e. The number of rotatable bonds is 6. The fourth-order valence-electron chi connectivity index (χ4n) is 4.35. The van der Waals surface area contributed by atoms with Gasteiger partial charge >= 0.3 is 0 Å². The minimum Gasteiger partial charge on any atom is -0.420 e. The predicted molar refractivity (Wildman–Crippen MR) is 148 cm³/mol. The van der Waals surface area contributed by atoms with Crippen LogP contribution in [-0.2, 0) is 0 Å². The van der Waals surface area contributed by atoms with Crippen LogP contribution in [-0.4, -0.2) is 20.2 Å². The Kier molecular flexibility index (Phi) is 6.03. The van der Waals surface area contributed by atoms with Gasteiger partial charge in [0.05, 0.1) is 22.4 Å². The van der Waals surface area contributed by atoms with Gasteiger partial charge in [-0.2, -0.15) is 0 Å². The molecule has 2 heterocycles. The molecule has 1 unspecified atom stereocenters. The number of fused-ring (bicyclic) bond motifs is 1. The molecule has 5 heteroatoms. The number of hydrogen-bond acceptors (Lipinski definition) is 5. The maximum Gasteiger partial charge on any atom is 0.247 e. The number of hydrogen-bond donors (Lipinski definition) is 0. The summed E-state index contributed by atoms with van der Waals surface area (Å²) in [5.74, 6) is 1.50. The van der Waals surface area contributed by atoms with Crippen molar-refractivity contribution in [1.82, 2.24) is 20.2 Å². The molecule has 5 nitrogen and oxygen atoms in total. The Morgan fingerprint density at radius 3 is 1.62 bits per heavy atom. The Labute approximate surface area is 215 Å². The fourth-order valence-corrected chi connectivity index (χ4v) is 4.35. The van der Waals surface area contributed by atoms with E-state index in [1.54, 1.807) is 0 Å². The summed E-state index contributed by atoms with van der Waals surface area (Å²) in [7, 11) is 0. The molecule has 0 aliphatic rings. The monoisotopic (exact) mass is 482 g/mol. The van der Waals surface area contributed by atoms with Crippen LogP contribution in [0.15, 0.2) is 108 Å². The summed E-state index contributed by atoms with van der Waals surface area (Å²) in [6, 6.07) is 34.9. The van der Waals surface area contributed by atoms with E-state index in [9.17, 15) is 0 Å². The number of benzene rings is 4. The van der Waals surface area contributed by atoms with E-state index in [1.165, 1.54) is 0 Å². The van der Waals surface area contributed by atoms with Crippen LogP contribution >= 0.6 is 0 Å². The second kappa shape index (κ2) is 9.78. The molecular weight excluding hydrogens is 456 g/mol. The molecular formula is C32H26N4O. The zero-order chi connectivity index (χ0) is 25.2. The summed E-state index contributed by atoms with van der Waals surface area (Å²) in [5.41, 5.74) is 8.76. The molecule has 37 heavy (non-hydrogen) atoms. The first-order chi connectivity index (χ1) is 18.2. The Morgan fingerprint density at radius 2 is 1.05 bits per heavy atom. The van der Waals surface area contributed by atoms with Crippen LogP contribution in [0.1, 0.15) is 32.1 Å². The first-order valence-electron chi connectivity index (χ1n) is 12.6. The molecule has 180 valence electrons. The molecule has 0 bridgehead atoms. The lowest BCUT2D eigenvalue weighted by molar-refractivity contribution is 0.462. The molecule has 0 fully saturated rings. The minimum atomic E-state index is 0.258. The maximum absolute atomic E-state index is 5.88. The van der Waals surface area contributed by atoms with Crippen LogP contribution in [0.5, 0.6) is 0 Å². The molecule has 6 aromatic rings. The van der Waals surface area contributed by atoms with E-state index >= 15 is 0 Å². The first kappa shape index (κ1) is 22.8. The minimum absolute atomic E-state index is 0.258. The maximum atomic E-state index is 5.88. The van der Waals surface area contributed by atoms with Crippen LogP contribution in [0.25, 0.3) is 56.1 Å². The van der Waals surface area contributed by atoms with E-state index < -0.39 is 0 Å². The van der Waals surface area contributed by atoms with Gasteiger partial charge in [0.25, 0.3) is 0 Å². The Balaban J connectivity index is 1.32. The third-order valence-electron chi connectivity index (χ3n) is 6.72. The smallest absolute Gasteiger partial charge is 0.247 e. The standard InChI is InChI=1S/C32H26N4O/c1-3-21(2)31-35-36-32(37-31)26-19-15-23(16-20-26)22-13-17-25(18-14-22)30-29(24-9-5-4-6-10-24)33-27-11-7-8-12-28(27)34-30/h4-21H,3H2,1-2H3. The molecule has 0 saturated heterocycles. The number of aromatic nitrogens is 4. The molecule has 0 aliphatic heterocycles.